The molecule has 1 aliphatic carbocycles. The molecule has 2 aliphatic heterocycles. The normalized spacial score (nSPS) is 35.3. The summed E-state index contributed by atoms with van der Waals surface area (Å²) >= 11 is 0. The van der Waals surface area contributed by atoms with Gasteiger partial charge in [0.1, 0.15) is 0 Å². The lowest BCUT2D eigenvalue weighted by Gasteiger charge is -2.41. The summed E-state index contributed by atoms with van der Waals surface area (Å²) in [5, 5.41) is 0. The lowest BCUT2D eigenvalue weighted by Crippen LogP contribution is -2.45. The Kier molecular flexibility index (Phi) is 3.85. The number of fused-ring (bicyclic) bond motifs is 2. The van der Waals surface area contributed by atoms with E-state index in [-0.39, 0.29) is 5.41 Å². The quantitative estimate of drug-likeness (QED) is 0.797. The molecule has 2 heterocycles. The van der Waals surface area contributed by atoms with Crippen LogP contribution in [0.4, 0.5) is 0 Å². The van der Waals surface area contributed by atoms with E-state index in [4.69, 9.17) is 14.2 Å². The Labute approximate surface area is 144 Å². The summed E-state index contributed by atoms with van der Waals surface area (Å²) in [5.74, 6) is 1.61. The average Bonchev–Trinajstić information content (AvgIpc) is 3.11. The zero-order chi connectivity index (χ0) is 16.9. The van der Waals surface area contributed by atoms with Crippen molar-refractivity contribution in [2.75, 3.05) is 27.8 Å². The first kappa shape index (κ1) is 16.0. The lowest BCUT2D eigenvalue weighted by molar-refractivity contribution is 0.0376. The average molecular weight is 329 g/mol. The molecule has 0 spiro atoms. The molecule has 1 unspecified atom stereocenters. The van der Waals surface area contributed by atoms with Crippen molar-refractivity contribution in [3.8, 4) is 11.5 Å². The van der Waals surface area contributed by atoms with Crippen molar-refractivity contribution in [2.24, 2.45) is 0 Å². The van der Waals surface area contributed by atoms with Gasteiger partial charge in [-0.25, -0.2) is 0 Å². The second-order valence-electron chi connectivity index (χ2n) is 7.45. The highest BCUT2D eigenvalue weighted by molar-refractivity contribution is 5.49. The Balaban J connectivity index is 1.81. The molecule has 4 heteroatoms. The minimum atomic E-state index is 0.0631. The molecule has 130 valence electrons. The van der Waals surface area contributed by atoms with Gasteiger partial charge in [-0.3, -0.25) is 0 Å². The molecular formula is C20H27NO3. The van der Waals surface area contributed by atoms with Crippen LogP contribution in [0, 0.1) is 0 Å². The van der Waals surface area contributed by atoms with Gasteiger partial charge in [0, 0.05) is 11.5 Å². The van der Waals surface area contributed by atoms with Gasteiger partial charge in [0.2, 0.25) is 0 Å². The van der Waals surface area contributed by atoms with Crippen LogP contribution in [0.15, 0.2) is 29.8 Å². The molecule has 0 aromatic heterocycles. The zero-order valence-electron chi connectivity index (χ0n) is 15.0. The van der Waals surface area contributed by atoms with E-state index in [0.717, 1.165) is 37.3 Å². The van der Waals surface area contributed by atoms with Crippen molar-refractivity contribution in [2.45, 2.75) is 49.9 Å². The molecule has 3 aliphatic rings. The molecule has 4 nitrogen and oxygen atoms in total. The fraction of sp³-hybridized carbons (Fsp3) is 0.600. The van der Waals surface area contributed by atoms with Gasteiger partial charge in [-0.05, 0) is 63.0 Å². The molecular weight excluding hydrogens is 302 g/mol. The van der Waals surface area contributed by atoms with E-state index in [1.165, 1.54) is 11.1 Å². The summed E-state index contributed by atoms with van der Waals surface area (Å²) in [6.07, 6.45) is 6.47. The summed E-state index contributed by atoms with van der Waals surface area (Å²) < 4.78 is 17.1. The number of methoxy groups -OCH3 is 2. The third kappa shape index (κ3) is 2.27. The van der Waals surface area contributed by atoms with Crippen LogP contribution in [0.25, 0.3) is 0 Å². The Morgan fingerprint density at radius 1 is 1.21 bits per heavy atom. The molecule has 0 saturated carbocycles. The van der Waals surface area contributed by atoms with Gasteiger partial charge in [0.15, 0.2) is 11.5 Å². The third-order valence-electron chi connectivity index (χ3n) is 6.14. The largest absolute Gasteiger partial charge is 0.493 e. The number of benzene rings is 1. The molecule has 0 amide bonds. The lowest BCUT2D eigenvalue weighted by atomic mass is 9.67. The number of likely N-dealkylation sites (tertiary alicyclic amines) is 1. The van der Waals surface area contributed by atoms with Crippen LogP contribution in [0.5, 0.6) is 11.5 Å². The maximum atomic E-state index is 6.14. The summed E-state index contributed by atoms with van der Waals surface area (Å²) in [6.45, 7) is 3.30. The molecule has 2 fully saturated rings. The first-order valence-corrected chi connectivity index (χ1v) is 8.87. The number of ether oxygens (including phenoxy) is 3. The van der Waals surface area contributed by atoms with Crippen molar-refractivity contribution in [3.63, 3.8) is 0 Å². The SMILES string of the molecule is COc1ccc([C@@]23C=C4CC(C)O[C@@H]4C[C@@H]2N(C)CC3)cc1OC. The summed E-state index contributed by atoms with van der Waals surface area (Å²) in [6, 6.07) is 6.90. The van der Waals surface area contributed by atoms with Crippen molar-refractivity contribution in [1.82, 2.24) is 4.90 Å². The first-order valence-electron chi connectivity index (χ1n) is 8.87. The number of rotatable bonds is 3. The van der Waals surface area contributed by atoms with Crippen molar-refractivity contribution < 1.29 is 14.2 Å². The monoisotopic (exact) mass is 329 g/mol. The Morgan fingerprint density at radius 2 is 2.00 bits per heavy atom. The molecule has 1 aromatic carbocycles. The second-order valence-corrected chi connectivity index (χ2v) is 7.45. The molecule has 0 N–H and O–H groups in total. The Hall–Kier alpha value is -1.52. The van der Waals surface area contributed by atoms with Crippen molar-refractivity contribution in [3.05, 3.63) is 35.4 Å². The molecule has 0 bridgehead atoms. The number of nitrogens with zero attached hydrogens (tertiary/aromatic N) is 1. The summed E-state index contributed by atoms with van der Waals surface area (Å²) in [4.78, 5) is 2.50. The molecule has 4 rings (SSSR count). The van der Waals surface area contributed by atoms with Gasteiger partial charge in [-0.15, -0.1) is 0 Å². The Bertz CT molecular complexity index is 671. The number of hydrogen-bond acceptors (Lipinski definition) is 4. The van der Waals surface area contributed by atoms with Crippen LogP contribution in [0.2, 0.25) is 0 Å². The Morgan fingerprint density at radius 3 is 2.75 bits per heavy atom. The highest BCUT2D eigenvalue weighted by Crippen LogP contribution is 2.51. The molecule has 1 aromatic rings. The highest BCUT2D eigenvalue weighted by Gasteiger charge is 2.51. The highest BCUT2D eigenvalue weighted by atomic mass is 16.5. The van der Waals surface area contributed by atoms with Crippen LogP contribution in [-0.4, -0.2) is 51.0 Å². The van der Waals surface area contributed by atoms with Crippen molar-refractivity contribution in [1.29, 1.82) is 0 Å². The third-order valence-corrected chi connectivity index (χ3v) is 6.14. The van der Waals surface area contributed by atoms with E-state index in [1.807, 2.05) is 6.07 Å². The van der Waals surface area contributed by atoms with E-state index in [9.17, 15) is 0 Å². The minimum Gasteiger partial charge on any atom is -0.493 e. The zero-order valence-corrected chi connectivity index (χ0v) is 15.0. The fourth-order valence-electron chi connectivity index (χ4n) is 4.95. The maximum absolute atomic E-state index is 6.14. The van der Waals surface area contributed by atoms with E-state index in [2.05, 4.69) is 37.1 Å². The van der Waals surface area contributed by atoms with Gasteiger partial charge in [-0.1, -0.05) is 12.1 Å². The van der Waals surface area contributed by atoms with Crippen LogP contribution in [0.3, 0.4) is 0 Å². The maximum Gasteiger partial charge on any atom is 0.161 e. The van der Waals surface area contributed by atoms with Gasteiger partial charge in [-0.2, -0.15) is 0 Å². The molecule has 24 heavy (non-hydrogen) atoms. The van der Waals surface area contributed by atoms with E-state index >= 15 is 0 Å². The van der Waals surface area contributed by atoms with Gasteiger partial charge >= 0.3 is 0 Å². The predicted octanol–water partition coefficient (Wildman–Crippen LogP) is 3.15. The van der Waals surface area contributed by atoms with E-state index in [0.29, 0.717) is 18.2 Å². The summed E-state index contributed by atoms with van der Waals surface area (Å²) in [7, 11) is 5.64. The smallest absolute Gasteiger partial charge is 0.161 e. The van der Waals surface area contributed by atoms with Crippen LogP contribution >= 0.6 is 0 Å². The fourth-order valence-corrected chi connectivity index (χ4v) is 4.95. The number of likely N-dealkylation sites (N-methyl/N-ethyl adjacent to an activating group) is 1. The van der Waals surface area contributed by atoms with Crippen LogP contribution in [0.1, 0.15) is 31.7 Å². The van der Waals surface area contributed by atoms with Crippen LogP contribution in [-0.2, 0) is 10.2 Å². The van der Waals surface area contributed by atoms with Crippen molar-refractivity contribution >= 4 is 0 Å². The van der Waals surface area contributed by atoms with E-state index < -0.39 is 0 Å². The molecule has 4 atom stereocenters. The minimum absolute atomic E-state index is 0.0631. The number of hydrogen-bond donors (Lipinski definition) is 0. The molecule has 0 radical (unpaired) electrons. The predicted molar refractivity (Wildman–Crippen MR) is 93.9 cm³/mol. The van der Waals surface area contributed by atoms with E-state index in [1.54, 1.807) is 14.2 Å². The van der Waals surface area contributed by atoms with Crippen LogP contribution < -0.4 is 9.47 Å². The summed E-state index contributed by atoms with van der Waals surface area (Å²) in [5.41, 5.74) is 2.89. The van der Waals surface area contributed by atoms with Gasteiger partial charge in [0.25, 0.3) is 0 Å². The molecule has 2 saturated heterocycles. The first-order chi connectivity index (χ1) is 11.6. The topological polar surface area (TPSA) is 30.9 Å². The standard InChI is InChI=1S/C20H27NO3/c1-13-9-14-12-20(7-8-21(2)19(20)11-17(14)24-13)15-5-6-16(22-3)18(10-15)23-4/h5-6,10,12-13,17,19H,7-9,11H2,1-4H3/t13?,17-,19+,20-/m1/s1. The second kappa shape index (κ2) is 5.78. The van der Waals surface area contributed by atoms with Gasteiger partial charge < -0.3 is 19.1 Å². The van der Waals surface area contributed by atoms with Gasteiger partial charge in [0.05, 0.1) is 26.4 Å².